The van der Waals surface area contributed by atoms with Crippen LogP contribution in [0, 0.1) is 5.41 Å². The molecule has 3 heteroatoms. The van der Waals surface area contributed by atoms with E-state index in [1.165, 1.54) is 45.3 Å². The Hall–Kier alpha value is -0.120. The van der Waals surface area contributed by atoms with Crippen LogP contribution in [0.2, 0.25) is 0 Å². The molecule has 20 heavy (non-hydrogen) atoms. The maximum absolute atomic E-state index is 3.82. The molecule has 0 aliphatic carbocycles. The van der Waals surface area contributed by atoms with Crippen LogP contribution < -0.4 is 5.32 Å². The largest absolute Gasteiger partial charge is 0.312 e. The van der Waals surface area contributed by atoms with E-state index in [-0.39, 0.29) is 0 Å². The van der Waals surface area contributed by atoms with Crippen LogP contribution in [0.15, 0.2) is 0 Å². The van der Waals surface area contributed by atoms with Gasteiger partial charge in [0.1, 0.15) is 0 Å². The second kappa shape index (κ2) is 8.35. The lowest BCUT2D eigenvalue weighted by Crippen LogP contribution is -2.52. The average molecular weight is 284 g/mol. The zero-order chi connectivity index (χ0) is 15.2. The summed E-state index contributed by atoms with van der Waals surface area (Å²) in [6, 6.07) is 1.27. The van der Waals surface area contributed by atoms with Crippen LogP contribution in [0.25, 0.3) is 0 Å². The Balaban J connectivity index is 2.67. The molecule has 0 amide bonds. The van der Waals surface area contributed by atoms with E-state index in [1.54, 1.807) is 0 Å². The molecule has 0 aromatic rings. The predicted octanol–water partition coefficient (Wildman–Crippen LogP) is 2.82. The van der Waals surface area contributed by atoms with E-state index in [9.17, 15) is 0 Å². The van der Waals surface area contributed by atoms with Crippen molar-refractivity contribution in [2.24, 2.45) is 5.41 Å². The molecular formula is C17H37N3. The number of likely N-dealkylation sites (N-methyl/N-ethyl adjacent to an activating group) is 2. The van der Waals surface area contributed by atoms with E-state index >= 15 is 0 Å². The Labute approximate surface area is 127 Å². The highest BCUT2D eigenvalue weighted by molar-refractivity contribution is 4.88. The van der Waals surface area contributed by atoms with Gasteiger partial charge in [0.05, 0.1) is 0 Å². The highest BCUT2D eigenvalue weighted by atomic mass is 15.2. The quantitative estimate of drug-likeness (QED) is 0.809. The smallest absolute Gasteiger partial charge is 0.0373 e. The van der Waals surface area contributed by atoms with Crippen molar-refractivity contribution in [1.82, 2.24) is 15.1 Å². The van der Waals surface area contributed by atoms with E-state index in [0.717, 1.165) is 6.54 Å². The normalized spacial score (nSPS) is 24.6. The van der Waals surface area contributed by atoms with Crippen molar-refractivity contribution in [1.29, 1.82) is 0 Å². The third-order valence-corrected chi connectivity index (χ3v) is 4.44. The summed E-state index contributed by atoms with van der Waals surface area (Å²) in [5.74, 6) is 0. The van der Waals surface area contributed by atoms with Crippen LogP contribution in [-0.2, 0) is 0 Å². The van der Waals surface area contributed by atoms with E-state index < -0.39 is 0 Å². The van der Waals surface area contributed by atoms with Crippen molar-refractivity contribution in [3.63, 3.8) is 0 Å². The molecular weight excluding hydrogens is 246 g/mol. The molecule has 1 aliphatic heterocycles. The van der Waals surface area contributed by atoms with Gasteiger partial charge in [-0.25, -0.2) is 0 Å². The Morgan fingerprint density at radius 3 is 2.50 bits per heavy atom. The Bertz CT molecular complexity index is 259. The van der Waals surface area contributed by atoms with E-state index in [2.05, 4.69) is 56.9 Å². The van der Waals surface area contributed by atoms with Crippen molar-refractivity contribution >= 4 is 0 Å². The van der Waals surface area contributed by atoms with Gasteiger partial charge in [-0.3, -0.25) is 0 Å². The first-order valence-electron chi connectivity index (χ1n) is 8.45. The van der Waals surface area contributed by atoms with Crippen molar-refractivity contribution in [3.8, 4) is 0 Å². The Morgan fingerprint density at radius 1 is 1.20 bits per heavy atom. The van der Waals surface area contributed by atoms with Gasteiger partial charge in [-0.2, -0.15) is 0 Å². The monoisotopic (exact) mass is 283 g/mol. The molecule has 0 aromatic carbocycles. The highest BCUT2D eigenvalue weighted by Crippen LogP contribution is 2.24. The van der Waals surface area contributed by atoms with E-state index in [1.807, 2.05) is 0 Å². The fraction of sp³-hybridized carbons (Fsp3) is 1.00. The molecule has 1 N–H and O–H groups in total. The van der Waals surface area contributed by atoms with Crippen molar-refractivity contribution in [2.75, 3.05) is 40.3 Å². The molecule has 1 saturated heterocycles. The summed E-state index contributed by atoms with van der Waals surface area (Å²) >= 11 is 0. The molecule has 0 radical (unpaired) electrons. The van der Waals surface area contributed by atoms with Crippen molar-refractivity contribution in [3.05, 3.63) is 0 Å². The number of hydrogen-bond acceptors (Lipinski definition) is 3. The zero-order valence-corrected chi connectivity index (χ0v) is 14.7. The minimum atomic E-state index is 0.432. The summed E-state index contributed by atoms with van der Waals surface area (Å²) in [5.41, 5.74) is 0.432. The molecule has 0 bridgehead atoms. The zero-order valence-electron chi connectivity index (χ0n) is 14.7. The summed E-state index contributed by atoms with van der Waals surface area (Å²) in [6.45, 7) is 14.1. The topological polar surface area (TPSA) is 18.5 Å². The fourth-order valence-corrected chi connectivity index (χ4v) is 3.09. The molecule has 1 rings (SSSR count). The summed E-state index contributed by atoms with van der Waals surface area (Å²) in [5, 5.41) is 3.82. The fourth-order valence-electron chi connectivity index (χ4n) is 3.09. The first kappa shape index (κ1) is 17.9. The SMILES string of the molecule is CCCNC(CCC(C)(C)C)C1CN(C)CCCN1C. The van der Waals surface area contributed by atoms with Crippen LogP contribution >= 0.6 is 0 Å². The highest BCUT2D eigenvalue weighted by Gasteiger charge is 2.28. The standard InChI is InChI=1S/C17H37N3/c1-7-11-18-15(9-10-17(2,3)4)16-14-19(5)12-8-13-20(16)6/h15-16,18H,7-14H2,1-6H3. The first-order valence-corrected chi connectivity index (χ1v) is 8.45. The van der Waals surface area contributed by atoms with E-state index in [0.29, 0.717) is 17.5 Å². The average Bonchev–Trinajstić information content (AvgIpc) is 2.50. The van der Waals surface area contributed by atoms with Crippen molar-refractivity contribution in [2.45, 2.75) is 65.5 Å². The molecule has 1 fully saturated rings. The van der Waals surface area contributed by atoms with Crippen LogP contribution in [0.5, 0.6) is 0 Å². The van der Waals surface area contributed by atoms with Gasteiger partial charge < -0.3 is 15.1 Å². The molecule has 0 aromatic heterocycles. The van der Waals surface area contributed by atoms with E-state index in [4.69, 9.17) is 0 Å². The summed E-state index contributed by atoms with van der Waals surface area (Å²) < 4.78 is 0. The first-order chi connectivity index (χ1) is 9.33. The third-order valence-electron chi connectivity index (χ3n) is 4.44. The summed E-state index contributed by atoms with van der Waals surface area (Å²) in [7, 11) is 4.58. The molecule has 3 nitrogen and oxygen atoms in total. The van der Waals surface area contributed by atoms with Gasteiger partial charge in [0.25, 0.3) is 0 Å². The van der Waals surface area contributed by atoms with Gasteiger partial charge in [-0.05, 0) is 64.8 Å². The summed E-state index contributed by atoms with van der Waals surface area (Å²) in [6.07, 6.45) is 5.09. The van der Waals surface area contributed by atoms with Crippen LogP contribution in [0.3, 0.4) is 0 Å². The minimum absolute atomic E-state index is 0.432. The molecule has 120 valence electrons. The predicted molar refractivity (Wildman–Crippen MR) is 89.3 cm³/mol. The van der Waals surface area contributed by atoms with Gasteiger partial charge in [0.2, 0.25) is 0 Å². The molecule has 0 spiro atoms. The second-order valence-corrected chi connectivity index (χ2v) is 7.82. The number of nitrogens with zero attached hydrogens (tertiary/aromatic N) is 2. The lowest BCUT2D eigenvalue weighted by molar-refractivity contribution is 0.162. The third kappa shape index (κ3) is 6.55. The summed E-state index contributed by atoms with van der Waals surface area (Å²) in [4.78, 5) is 5.09. The van der Waals surface area contributed by atoms with Crippen molar-refractivity contribution < 1.29 is 0 Å². The van der Waals surface area contributed by atoms with Gasteiger partial charge in [-0.1, -0.05) is 27.7 Å². The van der Waals surface area contributed by atoms with Crippen LogP contribution in [0.1, 0.15) is 53.4 Å². The van der Waals surface area contributed by atoms with Gasteiger partial charge in [0.15, 0.2) is 0 Å². The van der Waals surface area contributed by atoms with Gasteiger partial charge in [-0.15, -0.1) is 0 Å². The van der Waals surface area contributed by atoms with Gasteiger partial charge >= 0.3 is 0 Å². The van der Waals surface area contributed by atoms with Crippen LogP contribution in [0.4, 0.5) is 0 Å². The molecule has 1 aliphatic rings. The molecule has 2 unspecified atom stereocenters. The maximum atomic E-state index is 3.82. The Morgan fingerprint density at radius 2 is 1.90 bits per heavy atom. The molecule has 1 heterocycles. The number of rotatable bonds is 6. The lowest BCUT2D eigenvalue weighted by Gasteiger charge is -2.36. The van der Waals surface area contributed by atoms with Gasteiger partial charge in [0, 0.05) is 18.6 Å². The minimum Gasteiger partial charge on any atom is -0.312 e. The lowest BCUT2D eigenvalue weighted by atomic mass is 9.86. The molecule has 0 saturated carbocycles. The molecule has 2 atom stereocenters. The Kier molecular flexibility index (Phi) is 7.49. The maximum Gasteiger partial charge on any atom is 0.0373 e. The second-order valence-electron chi connectivity index (χ2n) is 7.82. The van der Waals surface area contributed by atoms with Crippen LogP contribution in [-0.4, -0.2) is 62.2 Å². The number of hydrogen-bond donors (Lipinski definition) is 1. The number of nitrogens with one attached hydrogen (secondary N) is 1.